The summed E-state index contributed by atoms with van der Waals surface area (Å²) in [6.45, 7) is 0. The Labute approximate surface area is 193 Å². The fraction of sp³-hybridized carbons (Fsp3) is 0.0588. The van der Waals surface area contributed by atoms with Crippen LogP contribution >= 0.6 is 34.5 Å². The van der Waals surface area contributed by atoms with Crippen LogP contribution < -0.4 is 9.44 Å². The Balaban J connectivity index is 2.04. The van der Waals surface area contributed by atoms with E-state index < -0.39 is 29.9 Å². The standard InChI is InChI=1S/C17H14Cl2N2O6S4/c1-29(22,23)11-4-2-5-12(8-11)30(24,25)20-15-9-13(18)14(19)10-16(15)21-31(26,27)17-6-3-7-28-17/h2-10,20-21H,1H3. The molecule has 0 aliphatic carbocycles. The van der Waals surface area contributed by atoms with Gasteiger partial charge in [-0.3, -0.25) is 9.44 Å². The van der Waals surface area contributed by atoms with E-state index in [1.54, 1.807) is 11.4 Å². The number of nitrogens with one attached hydrogen (secondary N) is 2. The molecule has 0 unspecified atom stereocenters. The van der Waals surface area contributed by atoms with Crippen molar-refractivity contribution >= 4 is 75.8 Å². The summed E-state index contributed by atoms with van der Waals surface area (Å²) in [6, 6.07) is 9.97. The zero-order valence-electron chi connectivity index (χ0n) is 15.5. The summed E-state index contributed by atoms with van der Waals surface area (Å²) in [5.41, 5.74) is -0.357. The molecular weight excluding hydrogens is 527 g/mol. The molecule has 14 heteroatoms. The van der Waals surface area contributed by atoms with Crippen molar-refractivity contribution in [2.24, 2.45) is 0 Å². The van der Waals surface area contributed by atoms with Gasteiger partial charge in [-0.05, 0) is 41.8 Å². The van der Waals surface area contributed by atoms with Crippen molar-refractivity contribution < 1.29 is 25.3 Å². The minimum absolute atomic E-state index is 0.00688. The summed E-state index contributed by atoms with van der Waals surface area (Å²) in [4.78, 5) is -0.531. The van der Waals surface area contributed by atoms with Gasteiger partial charge in [0, 0.05) is 6.26 Å². The van der Waals surface area contributed by atoms with Gasteiger partial charge in [-0.25, -0.2) is 25.3 Å². The fourth-order valence-electron chi connectivity index (χ4n) is 2.40. The normalized spacial score (nSPS) is 12.5. The average Bonchev–Trinajstić information content (AvgIpc) is 3.21. The first-order valence-corrected chi connectivity index (χ1v) is 14.7. The van der Waals surface area contributed by atoms with E-state index in [-0.39, 0.29) is 35.4 Å². The minimum atomic E-state index is -4.31. The minimum Gasteiger partial charge on any atom is -0.277 e. The van der Waals surface area contributed by atoms with Crippen LogP contribution in [0.5, 0.6) is 0 Å². The van der Waals surface area contributed by atoms with Gasteiger partial charge in [0.25, 0.3) is 20.0 Å². The topological polar surface area (TPSA) is 126 Å². The third-order valence-electron chi connectivity index (χ3n) is 3.85. The van der Waals surface area contributed by atoms with E-state index in [4.69, 9.17) is 23.2 Å². The van der Waals surface area contributed by atoms with E-state index >= 15 is 0 Å². The Morgan fingerprint density at radius 2 is 1.29 bits per heavy atom. The second-order valence-electron chi connectivity index (χ2n) is 6.20. The van der Waals surface area contributed by atoms with Gasteiger partial charge in [0.15, 0.2) is 9.84 Å². The predicted molar refractivity (Wildman–Crippen MR) is 122 cm³/mol. The van der Waals surface area contributed by atoms with E-state index in [1.165, 1.54) is 30.3 Å². The molecule has 0 saturated carbocycles. The van der Waals surface area contributed by atoms with Gasteiger partial charge in [-0.1, -0.05) is 35.3 Å². The maximum absolute atomic E-state index is 12.9. The molecule has 0 bridgehead atoms. The number of hydrogen-bond donors (Lipinski definition) is 2. The van der Waals surface area contributed by atoms with E-state index in [1.807, 2.05) is 0 Å². The van der Waals surface area contributed by atoms with Crippen molar-refractivity contribution in [1.82, 2.24) is 0 Å². The Morgan fingerprint density at radius 1 is 0.742 bits per heavy atom. The molecule has 1 aromatic heterocycles. The highest BCUT2D eigenvalue weighted by Gasteiger charge is 2.23. The van der Waals surface area contributed by atoms with E-state index in [9.17, 15) is 25.3 Å². The number of hydrogen-bond acceptors (Lipinski definition) is 7. The van der Waals surface area contributed by atoms with Crippen molar-refractivity contribution in [3.05, 3.63) is 64.0 Å². The lowest BCUT2D eigenvalue weighted by Crippen LogP contribution is -2.17. The molecule has 3 rings (SSSR count). The van der Waals surface area contributed by atoms with Crippen LogP contribution in [0.4, 0.5) is 11.4 Å². The second-order valence-corrected chi connectivity index (χ2v) is 13.6. The van der Waals surface area contributed by atoms with Crippen LogP contribution in [-0.2, 0) is 29.9 Å². The second kappa shape index (κ2) is 8.60. The summed E-state index contributed by atoms with van der Waals surface area (Å²) in [5, 5.41) is 1.54. The summed E-state index contributed by atoms with van der Waals surface area (Å²) < 4.78 is 78.9. The highest BCUT2D eigenvalue weighted by atomic mass is 35.5. The average molecular weight is 541 g/mol. The number of anilines is 2. The third-order valence-corrected chi connectivity index (χ3v) is 9.81. The maximum Gasteiger partial charge on any atom is 0.271 e. The van der Waals surface area contributed by atoms with Gasteiger partial charge in [-0.15, -0.1) is 11.3 Å². The molecule has 166 valence electrons. The Kier molecular flexibility index (Phi) is 6.61. The lowest BCUT2D eigenvalue weighted by atomic mass is 10.3. The molecule has 0 fully saturated rings. The van der Waals surface area contributed by atoms with Gasteiger partial charge >= 0.3 is 0 Å². The number of rotatable bonds is 7. The molecule has 0 spiro atoms. The number of benzene rings is 2. The molecule has 3 aromatic rings. The molecule has 0 amide bonds. The van der Waals surface area contributed by atoms with Crippen molar-refractivity contribution in [2.45, 2.75) is 14.0 Å². The molecular formula is C17H14Cl2N2O6S4. The molecule has 31 heavy (non-hydrogen) atoms. The monoisotopic (exact) mass is 540 g/mol. The molecule has 0 saturated heterocycles. The third kappa shape index (κ3) is 5.51. The molecule has 0 aliphatic heterocycles. The van der Waals surface area contributed by atoms with Crippen LogP contribution in [0.3, 0.4) is 0 Å². The SMILES string of the molecule is CS(=O)(=O)c1cccc(S(=O)(=O)Nc2cc(Cl)c(Cl)cc2NS(=O)(=O)c2cccs2)c1. The first-order chi connectivity index (χ1) is 14.3. The highest BCUT2D eigenvalue weighted by Crippen LogP contribution is 2.35. The molecule has 8 nitrogen and oxygen atoms in total. The van der Waals surface area contributed by atoms with Crippen molar-refractivity contribution in [3.63, 3.8) is 0 Å². The Morgan fingerprint density at radius 3 is 1.81 bits per heavy atom. The molecule has 0 atom stereocenters. The number of sulfonamides is 2. The van der Waals surface area contributed by atoms with Crippen LogP contribution in [0.1, 0.15) is 0 Å². The van der Waals surface area contributed by atoms with E-state index in [2.05, 4.69) is 9.44 Å². The summed E-state index contributed by atoms with van der Waals surface area (Å²) in [7, 11) is -12.0. The Hall–Kier alpha value is -1.83. The predicted octanol–water partition coefficient (Wildman–Crippen LogP) is 4.06. The van der Waals surface area contributed by atoms with Crippen molar-refractivity contribution in [1.29, 1.82) is 0 Å². The smallest absolute Gasteiger partial charge is 0.271 e. The molecule has 1 heterocycles. The fourth-order valence-corrected chi connectivity index (χ4v) is 6.65. The van der Waals surface area contributed by atoms with Gasteiger partial charge in [0.2, 0.25) is 0 Å². The van der Waals surface area contributed by atoms with Gasteiger partial charge in [-0.2, -0.15) is 0 Å². The lowest BCUT2D eigenvalue weighted by molar-refractivity contribution is 0.598. The maximum atomic E-state index is 12.9. The molecule has 2 aromatic carbocycles. The van der Waals surface area contributed by atoms with Crippen molar-refractivity contribution in [3.8, 4) is 0 Å². The zero-order chi connectivity index (χ0) is 23.0. The molecule has 2 N–H and O–H groups in total. The van der Waals surface area contributed by atoms with Crippen LogP contribution in [0.2, 0.25) is 10.0 Å². The number of halogens is 2. The van der Waals surface area contributed by atoms with Crippen LogP contribution in [0.15, 0.2) is 67.9 Å². The summed E-state index contributed by atoms with van der Waals surface area (Å²) >= 11 is 13.0. The zero-order valence-corrected chi connectivity index (χ0v) is 20.3. The molecule has 0 radical (unpaired) electrons. The van der Waals surface area contributed by atoms with E-state index in [0.717, 1.165) is 29.7 Å². The summed E-state index contributed by atoms with van der Waals surface area (Å²) in [5.74, 6) is 0. The molecule has 0 aliphatic rings. The number of thiophene rings is 1. The van der Waals surface area contributed by atoms with Crippen LogP contribution in [-0.4, -0.2) is 31.5 Å². The largest absolute Gasteiger partial charge is 0.277 e. The van der Waals surface area contributed by atoms with Crippen LogP contribution in [0.25, 0.3) is 0 Å². The van der Waals surface area contributed by atoms with Gasteiger partial charge in [0.05, 0.1) is 31.2 Å². The van der Waals surface area contributed by atoms with Crippen LogP contribution in [0, 0.1) is 0 Å². The summed E-state index contributed by atoms with van der Waals surface area (Å²) in [6.07, 6.45) is 0.947. The van der Waals surface area contributed by atoms with Gasteiger partial charge in [0.1, 0.15) is 4.21 Å². The highest BCUT2D eigenvalue weighted by molar-refractivity contribution is 7.94. The first-order valence-electron chi connectivity index (χ1n) is 8.18. The van der Waals surface area contributed by atoms with E-state index in [0.29, 0.717) is 0 Å². The quantitative estimate of drug-likeness (QED) is 0.465. The Bertz CT molecular complexity index is 1450. The lowest BCUT2D eigenvalue weighted by Gasteiger charge is -2.15. The number of sulfone groups is 1. The first kappa shape index (κ1) is 23.8. The van der Waals surface area contributed by atoms with Crippen molar-refractivity contribution in [2.75, 3.05) is 15.7 Å². The van der Waals surface area contributed by atoms with Gasteiger partial charge < -0.3 is 0 Å².